The zero-order chi connectivity index (χ0) is 15.3. The summed E-state index contributed by atoms with van der Waals surface area (Å²) < 4.78 is 0. The van der Waals surface area contributed by atoms with Crippen LogP contribution in [0.1, 0.15) is 50.2 Å². The fourth-order valence-corrected chi connectivity index (χ4v) is 1.98. The number of amides is 1. The zero-order valence-electron chi connectivity index (χ0n) is 12.4. The smallest absolute Gasteiger partial charge is 0.254 e. The second-order valence-electron chi connectivity index (χ2n) is 5.61. The van der Waals surface area contributed by atoms with E-state index in [1.165, 1.54) is 0 Å². The van der Waals surface area contributed by atoms with E-state index < -0.39 is 0 Å². The number of carbonyl (C=O) groups excluding carboxylic acids is 1. The summed E-state index contributed by atoms with van der Waals surface area (Å²) in [6.07, 6.45) is 0.324. The molecule has 0 bridgehead atoms. The summed E-state index contributed by atoms with van der Waals surface area (Å²) in [6.45, 7) is 8.94. The van der Waals surface area contributed by atoms with E-state index in [2.05, 4.69) is 11.1 Å². The number of nitriles is 1. The summed E-state index contributed by atoms with van der Waals surface area (Å²) in [5.41, 5.74) is 1.13. The van der Waals surface area contributed by atoms with Crippen molar-refractivity contribution in [1.29, 1.82) is 5.26 Å². The highest BCUT2D eigenvalue weighted by Gasteiger charge is 2.21. The molecule has 0 spiro atoms. The first-order chi connectivity index (χ1) is 9.29. The third-order valence-corrected chi connectivity index (χ3v) is 3.17. The van der Waals surface area contributed by atoms with Crippen LogP contribution in [0, 0.1) is 11.3 Å². The lowest BCUT2D eigenvalue weighted by Gasteiger charge is -2.22. The minimum atomic E-state index is -0.177. The molecule has 20 heavy (non-hydrogen) atoms. The monoisotopic (exact) mass is 293 g/mol. The number of halogens is 1. The summed E-state index contributed by atoms with van der Waals surface area (Å²) in [5.74, 6) is -0.113. The minimum Gasteiger partial charge on any atom is -0.338 e. The topological polar surface area (TPSA) is 57.0 Å². The Morgan fingerprint density at radius 1 is 1.45 bits per heavy atom. The molecule has 0 atom stereocenters. The summed E-state index contributed by atoms with van der Waals surface area (Å²) >= 11 is 6.02. The number of hydrogen-bond donors (Lipinski definition) is 0. The highest BCUT2D eigenvalue weighted by Crippen LogP contribution is 2.24. The number of rotatable bonds is 4. The van der Waals surface area contributed by atoms with Crippen molar-refractivity contribution in [2.24, 2.45) is 0 Å². The molecular weight excluding hydrogens is 274 g/mol. The Morgan fingerprint density at radius 2 is 2.10 bits per heavy atom. The van der Waals surface area contributed by atoms with Crippen LogP contribution in [0.5, 0.6) is 0 Å². The SMILES string of the molecule is CCN(CCC#N)C(=O)c1cc(Cl)nc(C(C)(C)C)c1. The Morgan fingerprint density at radius 3 is 2.60 bits per heavy atom. The summed E-state index contributed by atoms with van der Waals surface area (Å²) in [7, 11) is 0. The first kappa shape index (κ1) is 16.5. The van der Waals surface area contributed by atoms with Crippen LogP contribution in [0.4, 0.5) is 0 Å². The van der Waals surface area contributed by atoms with Gasteiger partial charge in [-0.25, -0.2) is 4.98 Å². The van der Waals surface area contributed by atoms with Crippen molar-refractivity contribution in [1.82, 2.24) is 9.88 Å². The van der Waals surface area contributed by atoms with Crippen molar-refractivity contribution in [3.63, 3.8) is 0 Å². The van der Waals surface area contributed by atoms with Crippen molar-refractivity contribution < 1.29 is 4.79 Å². The minimum absolute atomic E-state index is 0.113. The summed E-state index contributed by atoms with van der Waals surface area (Å²) in [6, 6.07) is 5.41. The molecule has 0 N–H and O–H groups in total. The molecule has 1 aromatic rings. The molecule has 0 aromatic carbocycles. The van der Waals surface area contributed by atoms with E-state index in [-0.39, 0.29) is 11.3 Å². The van der Waals surface area contributed by atoms with E-state index in [9.17, 15) is 4.79 Å². The van der Waals surface area contributed by atoms with Crippen LogP contribution in [-0.2, 0) is 5.41 Å². The molecule has 1 rings (SSSR count). The maximum Gasteiger partial charge on any atom is 0.254 e. The quantitative estimate of drug-likeness (QED) is 0.799. The van der Waals surface area contributed by atoms with E-state index in [4.69, 9.17) is 16.9 Å². The van der Waals surface area contributed by atoms with Gasteiger partial charge in [-0.3, -0.25) is 4.79 Å². The number of aromatic nitrogens is 1. The van der Waals surface area contributed by atoms with Crippen molar-refractivity contribution in [3.8, 4) is 6.07 Å². The van der Waals surface area contributed by atoms with E-state index in [0.29, 0.717) is 30.2 Å². The summed E-state index contributed by atoms with van der Waals surface area (Å²) in [5, 5.41) is 8.96. The molecule has 0 saturated carbocycles. The van der Waals surface area contributed by atoms with E-state index in [1.54, 1.807) is 17.0 Å². The fourth-order valence-electron chi connectivity index (χ4n) is 1.78. The maximum absolute atomic E-state index is 12.4. The third-order valence-electron chi connectivity index (χ3n) is 2.97. The van der Waals surface area contributed by atoms with Crippen LogP contribution in [0.25, 0.3) is 0 Å². The van der Waals surface area contributed by atoms with Crippen molar-refractivity contribution in [2.45, 2.75) is 39.5 Å². The third kappa shape index (κ3) is 4.21. The molecule has 0 aliphatic carbocycles. The predicted octanol–water partition coefficient (Wildman–Crippen LogP) is 3.41. The van der Waals surface area contributed by atoms with Gasteiger partial charge in [0.2, 0.25) is 0 Å². The Bertz CT molecular complexity index is 529. The van der Waals surface area contributed by atoms with Crippen LogP contribution in [0.3, 0.4) is 0 Å². The van der Waals surface area contributed by atoms with Gasteiger partial charge in [0.05, 0.1) is 12.5 Å². The Hall–Kier alpha value is -1.60. The van der Waals surface area contributed by atoms with Gasteiger partial charge in [-0.2, -0.15) is 5.26 Å². The molecule has 0 radical (unpaired) electrons. The molecule has 0 fully saturated rings. The molecule has 5 heteroatoms. The summed E-state index contributed by atoms with van der Waals surface area (Å²) in [4.78, 5) is 18.4. The van der Waals surface area contributed by atoms with Crippen LogP contribution >= 0.6 is 11.6 Å². The molecular formula is C15H20ClN3O. The fraction of sp³-hybridized carbons (Fsp3) is 0.533. The van der Waals surface area contributed by atoms with Crippen LogP contribution < -0.4 is 0 Å². The van der Waals surface area contributed by atoms with Gasteiger partial charge in [0.25, 0.3) is 5.91 Å². The Labute approximate surface area is 125 Å². The van der Waals surface area contributed by atoms with Gasteiger partial charge in [0, 0.05) is 29.8 Å². The lowest BCUT2D eigenvalue weighted by atomic mass is 9.91. The standard InChI is InChI=1S/C15H20ClN3O/c1-5-19(8-6-7-17)14(20)11-9-12(15(2,3)4)18-13(16)10-11/h9-10H,5-6,8H2,1-4H3. The van der Waals surface area contributed by atoms with Gasteiger partial charge in [-0.15, -0.1) is 0 Å². The van der Waals surface area contributed by atoms with Gasteiger partial charge in [-0.05, 0) is 19.1 Å². The normalized spacial score (nSPS) is 11.0. The van der Waals surface area contributed by atoms with Gasteiger partial charge < -0.3 is 4.90 Å². The Balaban J connectivity index is 3.09. The maximum atomic E-state index is 12.4. The first-order valence-electron chi connectivity index (χ1n) is 6.64. The molecule has 1 aromatic heterocycles. The Kier molecular flexibility index (Phi) is 5.52. The van der Waals surface area contributed by atoms with Crippen LogP contribution in [0.15, 0.2) is 12.1 Å². The van der Waals surface area contributed by atoms with E-state index in [1.807, 2.05) is 27.7 Å². The molecule has 0 unspecified atom stereocenters. The average molecular weight is 294 g/mol. The van der Waals surface area contributed by atoms with Crippen molar-refractivity contribution >= 4 is 17.5 Å². The largest absolute Gasteiger partial charge is 0.338 e. The zero-order valence-corrected chi connectivity index (χ0v) is 13.2. The average Bonchev–Trinajstić information content (AvgIpc) is 2.37. The highest BCUT2D eigenvalue weighted by molar-refractivity contribution is 6.29. The lowest BCUT2D eigenvalue weighted by molar-refractivity contribution is 0.0767. The van der Waals surface area contributed by atoms with Crippen molar-refractivity contribution in [3.05, 3.63) is 28.5 Å². The molecule has 108 valence electrons. The van der Waals surface area contributed by atoms with Crippen LogP contribution in [0.2, 0.25) is 5.15 Å². The van der Waals surface area contributed by atoms with E-state index >= 15 is 0 Å². The lowest BCUT2D eigenvalue weighted by Crippen LogP contribution is -2.32. The van der Waals surface area contributed by atoms with Crippen LogP contribution in [-0.4, -0.2) is 28.9 Å². The number of pyridine rings is 1. The molecule has 1 heterocycles. The second-order valence-corrected chi connectivity index (χ2v) is 5.99. The van der Waals surface area contributed by atoms with Crippen molar-refractivity contribution in [2.75, 3.05) is 13.1 Å². The highest BCUT2D eigenvalue weighted by atomic mass is 35.5. The molecule has 0 saturated heterocycles. The van der Waals surface area contributed by atoms with Gasteiger partial charge in [0.15, 0.2) is 0 Å². The molecule has 4 nitrogen and oxygen atoms in total. The van der Waals surface area contributed by atoms with Gasteiger partial charge >= 0.3 is 0 Å². The number of carbonyl (C=O) groups is 1. The van der Waals surface area contributed by atoms with Gasteiger partial charge in [0.1, 0.15) is 5.15 Å². The van der Waals surface area contributed by atoms with E-state index in [0.717, 1.165) is 5.69 Å². The van der Waals surface area contributed by atoms with Gasteiger partial charge in [-0.1, -0.05) is 32.4 Å². The molecule has 1 amide bonds. The number of hydrogen-bond acceptors (Lipinski definition) is 3. The predicted molar refractivity (Wildman–Crippen MR) is 79.8 cm³/mol. The number of nitrogens with zero attached hydrogens (tertiary/aromatic N) is 3. The molecule has 0 aliphatic rings. The first-order valence-corrected chi connectivity index (χ1v) is 7.01. The second kappa shape index (κ2) is 6.71. The molecule has 0 aliphatic heterocycles.